The van der Waals surface area contributed by atoms with Crippen LogP contribution in [0, 0.1) is 11.6 Å². The molecule has 0 fully saturated rings. The van der Waals surface area contributed by atoms with E-state index in [0.717, 1.165) is 18.2 Å². The summed E-state index contributed by atoms with van der Waals surface area (Å²) in [6, 6.07) is 7.24. The third kappa shape index (κ3) is 3.80. The van der Waals surface area contributed by atoms with Crippen LogP contribution < -0.4 is 5.32 Å². The van der Waals surface area contributed by atoms with Crippen molar-refractivity contribution in [1.82, 2.24) is 9.97 Å². The first-order valence-corrected chi connectivity index (χ1v) is 7.62. The van der Waals surface area contributed by atoms with Crippen LogP contribution in [0.4, 0.5) is 14.5 Å². The largest absolute Gasteiger partial charge is 0.449 e. The molecule has 0 saturated heterocycles. The molecule has 0 spiro atoms. The fourth-order valence-corrected chi connectivity index (χ4v) is 2.20. The van der Waals surface area contributed by atoms with E-state index < -0.39 is 29.6 Å². The number of esters is 1. The molecule has 0 bridgehead atoms. The first-order valence-electron chi connectivity index (χ1n) is 7.62. The number of carbonyl (C=O) groups excluding carboxylic acids is 2. The van der Waals surface area contributed by atoms with Gasteiger partial charge in [-0.3, -0.25) is 14.8 Å². The van der Waals surface area contributed by atoms with Gasteiger partial charge in [0.1, 0.15) is 11.6 Å². The molecule has 8 heteroatoms. The second kappa shape index (κ2) is 7.22. The van der Waals surface area contributed by atoms with E-state index in [1.807, 2.05) is 0 Å². The molecule has 1 amide bonds. The SMILES string of the molecule is C[C@@H](OC(=O)c1ccc2nccnc2c1)C(=O)Nc1cc(F)ccc1F. The van der Waals surface area contributed by atoms with Crippen molar-refractivity contribution >= 4 is 28.6 Å². The van der Waals surface area contributed by atoms with Crippen molar-refractivity contribution in [2.24, 2.45) is 0 Å². The Balaban J connectivity index is 1.69. The molecule has 1 atom stereocenters. The molecular formula is C18H13F2N3O3. The summed E-state index contributed by atoms with van der Waals surface area (Å²) in [5.74, 6) is -3.04. The predicted molar refractivity (Wildman–Crippen MR) is 89.4 cm³/mol. The summed E-state index contributed by atoms with van der Waals surface area (Å²) in [6.07, 6.45) is 1.79. The van der Waals surface area contributed by atoms with Gasteiger partial charge >= 0.3 is 5.97 Å². The lowest BCUT2D eigenvalue weighted by Gasteiger charge is -2.14. The Morgan fingerprint density at radius 2 is 1.77 bits per heavy atom. The zero-order valence-corrected chi connectivity index (χ0v) is 13.6. The minimum Gasteiger partial charge on any atom is -0.449 e. The van der Waals surface area contributed by atoms with Crippen LogP contribution in [-0.2, 0) is 9.53 Å². The number of carbonyl (C=O) groups is 2. The number of nitrogens with zero attached hydrogens (tertiary/aromatic N) is 2. The fourth-order valence-electron chi connectivity index (χ4n) is 2.20. The molecule has 6 nitrogen and oxygen atoms in total. The van der Waals surface area contributed by atoms with Gasteiger partial charge in [0.25, 0.3) is 5.91 Å². The second-order valence-electron chi connectivity index (χ2n) is 5.42. The van der Waals surface area contributed by atoms with E-state index in [9.17, 15) is 18.4 Å². The van der Waals surface area contributed by atoms with E-state index in [0.29, 0.717) is 11.0 Å². The van der Waals surface area contributed by atoms with E-state index in [4.69, 9.17) is 4.74 Å². The normalized spacial score (nSPS) is 11.8. The number of aromatic nitrogens is 2. The van der Waals surface area contributed by atoms with Crippen LogP contribution in [0.2, 0.25) is 0 Å². The van der Waals surface area contributed by atoms with Crippen LogP contribution in [0.15, 0.2) is 48.8 Å². The molecule has 2 aromatic carbocycles. The van der Waals surface area contributed by atoms with Crippen molar-refractivity contribution in [3.05, 3.63) is 66.0 Å². The fraction of sp³-hybridized carbons (Fsp3) is 0.111. The number of rotatable bonds is 4. The van der Waals surface area contributed by atoms with Crippen LogP contribution in [0.3, 0.4) is 0 Å². The van der Waals surface area contributed by atoms with Crippen molar-refractivity contribution in [2.45, 2.75) is 13.0 Å². The number of hydrogen-bond donors (Lipinski definition) is 1. The summed E-state index contributed by atoms with van der Waals surface area (Å²) in [7, 11) is 0. The molecule has 0 aliphatic heterocycles. The number of ether oxygens (including phenoxy) is 1. The predicted octanol–water partition coefficient (Wildman–Crippen LogP) is 3.09. The highest BCUT2D eigenvalue weighted by Gasteiger charge is 2.20. The number of fused-ring (bicyclic) bond motifs is 1. The van der Waals surface area contributed by atoms with Crippen LogP contribution in [0.25, 0.3) is 11.0 Å². The second-order valence-corrected chi connectivity index (χ2v) is 5.42. The number of amides is 1. The minimum absolute atomic E-state index is 0.189. The standard InChI is InChI=1S/C18H13F2N3O3/c1-10(17(24)23-15-9-12(19)3-4-13(15)20)26-18(25)11-2-5-14-16(8-11)22-7-6-21-14/h2-10H,1H3,(H,23,24)/t10-/m1/s1. The summed E-state index contributed by atoms with van der Waals surface area (Å²) in [5.41, 5.74) is 0.964. The third-order valence-corrected chi connectivity index (χ3v) is 3.54. The van der Waals surface area contributed by atoms with Crippen molar-refractivity contribution in [3.63, 3.8) is 0 Å². The van der Waals surface area contributed by atoms with Gasteiger partial charge in [0.05, 0.1) is 22.3 Å². The molecule has 132 valence electrons. The molecule has 26 heavy (non-hydrogen) atoms. The molecular weight excluding hydrogens is 344 g/mol. The molecule has 0 saturated carbocycles. The Kier molecular flexibility index (Phi) is 4.83. The van der Waals surface area contributed by atoms with Gasteiger partial charge < -0.3 is 10.1 Å². The summed E-state index contributed by atoms with van der Waals surface area (Å²) >= 11 is 0. The first kappa shape index (κ1) is 17.4. The van der Waals surface area contributed by atoms with Gasteiger partial charge in [-0.2, -0.15) is 0 Å². The Hall–Kier alpha value is -3.42. The highest BCUT2D eigenvalue weighted by Crippen LogP contribution is 2.17. The van der Waals surface area contributed by atoms with Crippen LogP contribution in [0.1, 0.15) is 17.3 Å². The molecule has 0 radical (unpaired) electrons. The average Bonchev–Trinajstić information content (AvgIpc) is 2.64. The summed E-state index contributed by atoms with van der Waals surface area (Å²) in [6.45, 7) is 1.32. The summed E-state index contributed by atoms with van der Waals surface area (Å²) < 4.78 is 31.8. The lowest BCUT2D eigenvalue weighted by molar-refractivity contribution is -0.123. The van der Waals surface area contributed by atoms with Gasteiger partial charge in [0.2, 0.25) is 0 Å². The smallest absolute Gasteiger partial charge is 0.338 e. The molecule has 1 aromatic heterocycles. The monoisotopic (exact) mass is 357 g/mol. The first-order chi connectivity index (χ1) is 12.4. The van der Waals surface area contributed by atoms with E-state index in [1.54, 1.807) is 6.07 Å². The summed E-state index contributed by atoms with van der Waals surface area (Å²) in [5, 5.41) is 2.18. The Morgan fingerprint density at radius 1 is 1.04 bits per heavy atom. The van der Waals surface area contributed by atoms with E-state index in [2.05, 4.69) is 15.3 Å². The molecule has 3 rings (SSSR count). The lowest BCUT2D eigenvalue weighted by atomic mass is 10.2. The van der Waals surface area contributed by atoms with Crippen LogP contribution >= 0.6 is 0 Å². The number of benzene rings is 2. The third-order valence-electron chi connectivity index (χ3n) is 3.54. The van der Waals surface area contributed by atoms with Gasteiger partial charge in [-0.15, -0.1) is 0 Å². The Morgan fingerprint density at radius 3 is 2.54 bits per heavy atom. The number of hydrogen-bond acceptors (Lipinski definition) is 5. The summed E-state index contributed by atoms with van der Waals surface area (Å²) in [4.78, 5) is 32.4. The van der Waals surface area contributed by atoms with Gasteiger partial charge in [0, 0.05) is 18.5 Å². The van der Waals surface area contributed by atoms with Crippen molar-refractivity contribution < 1.29 is 23.1 Å². The molecule has 1 N–H and O–H groups in total. The average molecular weight is 357 g/mol. The number of anilines is 1. The molecule has 0 aliphatic carbocycles. The number of halogens is 2. The molecule has 1 heterocycles. The number of nitrogens with one attached hydrogen (secondary N) is 1. The zero-order chi connectivity index (χ0) is 18.7. The minimum atomic E-state index is -1.22. The Labute approximate surface area is 146 Å². The van der Waals surface area contributed by atoms with Gasteiger partial charge in [-0.25, -0.2) is 13.6 Å². The lowest BCUT2D eigenvalue weighted by Crippen LogP contribution is -2.30. The maximum atomic E-state index is 13.6. The highest BCUT2D eigenvalue weighted by molar-refractivity contribution is 5.98. The van der Waals surface area contributed by atoms with E-state index in [-0.39, 0.29) is 11.3 Å². The van der Waals surface area contributed by atoms with Gasteiger partial charge in [-0.05, 0) is 37.3 Å². The molecule has 0 unspecified atom stereocenters. The van der Waals surface area contributed by atoms with Crippen molar-refractivity contribution in [3.8, 4) is 0 Å². The van der Waals surface area contributed by atoms with E-state index in [1.165, 1.54) is 31.5 Å². The maximum absolute atomic E-state index is 13.6. The van der Waals surface area contributed by atoms with Gasteiger partial charge in [0.15, 0.2) is 6.10 Å². The van der Waals surface area contributed by atoms with Gasteiger partial charge in [-0.1, -0.05) is 0 Å². The van der Waals surface area contributed by atoms with Crippen LogP contribution in [0.5, 0.6) is 0 Å². The topological polar surface area (TPSA) is 81.2 Å². The highest BCUT2D eigenvalue weighted by atomic mass is 19.1. The van der Waals surface area contributed by atoms with E-state index >= 15 is 0 Å². The molecule has 3 aromatic rings. The van der Waals surface area contributed by atoms with Crippen molar-refractivity contribution in [1.29, 1.82) is 0 Å². The van der Waals surface area contributed by atoms with Crippen molar-refractivity contribution in [2.75, 3.05) is 5.32 Å². The molecule has 0 aliphatic rings. The maximum Gasteiger partial charge on any atom is 0.338 e. The Bertz CT molecular complexity index is 994. The van der Waals surface area contributed by atoms with Crippen LogP contribution in [-0.4, -0.2) is 27.9 Å². The zero-order valence-electron chi connectivity index (χ0n) is 13.6. The quantitative estimate of drug-likeness (QED) is 0.726.